The van der Waals surface area contributed by atoms with Crippen LogP contribution in [0.2, 0.25) is 0 Å². The minimum absolute atomic E-state index is 0.381. The highest BCUT2D eigenvalue weighted by molar-refractivity contribution is 5.96. The summed E-state index contributed by atoms with van der Waals surface area (Å²) in [6.45, 7) is 5.06. The predicted molar refractivity (Wildman–Crippen MR) is 99.7 cm³/mol. The van der Waals surface area contributed by atoms with Crippen LogP contribution in [0.5, 0.6) is 0 Å². The summed E-state index contributed by atoms with van der Waals surface area (Å²) in [6.07, 6.45) is 3.60. The molecule has 0 aliphatic carbocycles. The molecule has 7 heteroatoms. The lowest BCUT2D eigenvalue weighted by molar-refractivity contribution is -0.138. The van der Waals surface area contributed by atoms with Crippen molar-refractivity contribution >= 4 is 23.3 Å². The summed E-state index contributed by atoms with van der Waals surface area (Å²) >= 11 is 0. The van der Waals surface area contributed by atoms with Crippen LogP contribution in [0.15, 0.2) is 48.8 Å². The summed E-state index contributed by atoms with van der Waals surface area (Å²) in [5.41, 5.74) is 2.69. The van der Waals surface area contributed by atoms with E-state index in [-0.39, 0.29) is 5.91 Å². The van der Waals surface area contributed by atoms with Gasteiger partial charge in [0.2, 0.25) is 0 Å². The number of nitrogens with one attached hydrogen (secondary N) is 1. The number of carboxylic acid groups (broad SMARTS) is 1. The van der Waals surface area contributed by atoms with E-state index in [1.165, 1.54) is 12.6 Å². The number of nitrogens with zero attached hydrogens (tertiary/aromatic N) is 3. The van der Waals surface area contributed by atoms with Gasteiger partial charge >= 0.3 is 5.97 Å². The number of carbonyl (C=O) groups is 2. The summed E-state index contributed by atoms with van der Waals surface area (Å²) in [5, 5.41) is 11.3. The number of piperazine rings is 1. The van der Waals surface area contributed by atoms with E-state index in [1.54, 1.807) is 24.5 Å². The maximum atomic E-state index is 12.0. The molecule has 0 saturated carbocycles. The first-order chi connectivity index (χ1) is 12.5. The van der Waals surface area contributed by atoms with Crippen molar-refractivity contribution in [2.24, 2.45) is 0 Å². The Hall–Kier alpha value is -3.09. The highest BCUT2D eigenvalue weighted by Gasteiger charge is 2.19. The number of rotatable bonds is 5. The summed E-state index contributed by atoms with van der Waals surface area (Å²) in [6, 6.07) is 10.4. The minimum atomic E-state index is -1.05. The van der Waals surface area contributed by atoms with Crippen LogP contribution in [0, 0.1) is 0 Å². The predicted octanol–water partition coefficient (Wildman–Crippen LogP) is 1.61. The molecular weight excluding hydrogens is 332 g/mol. The average Bonchev–Trinajstić information content (AvgIpc) is 2.69. The van der Waals surface area contributed by atoms with Crippen LogP contribution >= 0.6 is 0 Å². The summed E-state index contributed by atoms with van der Waals surface area (Å²) in [4.78, 5) is 31.5. The van der Waals surface area contributed by atoms with Gasteiger partial charge in [-0.2, -0.15) is 0 Å². The summed E-state index contributed by atoms with van der Waals surface area (Å²) in [7, 11) is 0. The van der Waals surface area contributed by atoms with Gasteiger partial charge in [-0.05, 0) is 43.3 Å². The normalized spacial score (nSPS) is 15.4. The SMILES string of the molecule is CC(NC(=O)c1ccc(N2CCN(c3ccncc3)CC2)cc1)C(=O)O. The quantitative estimate of drug-likeness (QED) is 0.848. The molecule has 2 heterocycles. The fourth-order valence-corrected chi connectivity index (χ4v) is 2.94. The zero-order valence-corrected chi connectivity index (χ0v) is 14.6. The van der Waals surface area contributed by atoms with Crippen LogP contribution in [-0.4, -0.2) is 54.2 Å². The van der Waals surface area contributed by atoms with E-state index in [2.05, 4.69) is 20.1 Å². The number of aromatic nitrogens is 1. The molecule has 0 bridgehead atoms. The van der Waals surface area contributed by atoms with E-state index in [0.717, 1.165) is 31.9 Å². The first-order valence-electron chi connectivity index (χ1n) is 8.58. The van der Waals surface area contributed by atoms with Crippen LogP contribution < -0.4 is 15.1 Å². The molecular formula is C19H22N4O3. The van der Waals surface area contributed by atoms with E-state index >= 15 is 0 Å². The Morgan fingerprint density at radius 2 is 1.46 bits per heavy atom. The zero-order valence-electron chi connectivity index (χ0n) is 14.6. The highest BCUT2D eigenvalue weighted by atomic mass is 16.4. The van der Waals surface area contributed by atoms with E-state index in [9.17, 15) is 9.59 Å². The fraction of sp³-hybridized carbons (Fsp3) is 0.316. The third-order valence-electron chi connectivity index (χ3n) is 4.52. The second-order valence-corrected chi connectivity index (χ2v) is 6.26. The lowest BCUT2D eigenvalue weighted by Crippen LogP contribution is -2.46. The molecule has 1 fully saturated rings. The molecule has 1 atom stereocenters. The number of amides is 1. The monoisotopic (exact) mass is 354 g/mol. The van der Waals surface area contributed by atoms with Gasteiger partial charge in [-0.15, -0.1) is 0 Å². The smallest absolute Gasteiger partial charge is 0.325 e. The number of aliphatic carboxylic acids is 1. The molecule has 1 saturated heterocycles. The van der Waals surface area contributed by atoms with E-state index < -0.39 is 12.0 Å². The second kappa shape index (κ2) is 7.86. The second-order valence-electron chi connectivity index (χ2n) is 6.26. The number of hydrogen-bond donors (Lipinski definition) is 2. The van der Waals surface area contributed by atoms with Crippen LogP contribution in [0.25, 0.3) is 0 Å². The third kappa shape index (κ3) is 4.11. The Morgan fingerprint density at radius 3 is 1.96 bits per heavy atom. The van der Waals surface area contributed by atoms with Crippen LogP contribution in [-0.2, 0) is 4.79 Å². The van der Waals surface area contributed by atoms with Gasteiger partial charge in [0.15, 0.2) is 0 Å². The largest absolute Gasteiger partial charge is 0.480 e. The number of anilines is 2. The van der Waals surface area contributed by atoms with Gasteiger partial charge in [-0.25, -0.2) is 0 Å². The molecule has 3 rings (SSSR count). The summed E-state index contributed by atoms with van der Waals surface area (Å²) < 4.78 is 0. The van der Waals surface area contributed by atoms with Gasteiger partial charge in [0.25, 0.3) is 5.91 Å². The van der Waals surface area contributed by atoms with Crippen molar-refractivity contribution in [1.82, 2.24) is 10.3 Å². The van der Waals surface area contributed by atoms with Gasteiger partial charge < -0.3 is 20.2 Å². The topological polar surface area (TPSA) is 85.8 Å². The first kappa shape index (κ1) is 17.7. The molecule has 136 valence electrons. The van der Waals surface area contributed by atoms with Gasteiger partial charge in [-0.1, -0.05) is 0 Å². The van der Waals surface area contributed by atoms with Gasteiger partial charge in [0.1, 0.15) is 6.04 Å². The number of pyridine rings is 1. The van der Waals surface area contributed by atoms with Gasteiger partial charge in [-0.3, -0.25) is 14.6 Å². The van der Waals surface area contributed by atoms with Gasteiger partial charge in [0, 0.05) is 55.5 Å². The first-order valence-corrected chi connectivity index (χ1v) is 8.58. The van der Waals surface area contributed by atoms with Crippen molar-refractivity contribution in [1.29, 1.82) is 0 Å². The number of hydrogen-bond acceptors (Lipinski definition) is 5. The lowest BCUT2D eigenvalue weighted by Gasteiger charge is -2.37. The van der Waals surface area contributed by atoms with Crippen LogP contribution in [0.3, 0.4) is 0 Å². The number of carboxylic acids is 1. The standard InChI is InChI=1S/C19H22N4O3/c1-14(19(25)26)21-18(24)15-2-4-16(5-3-15)22-10-12-23(13-11-22)17-6-8-20-9-7-17/h2-9,14H,10-13H2,1H3,(H,21,24)(H,25,26). The molecule has 1 aromatic heterocycles. The van der Waals surface area contributed by atoms with E-state index in [4.69, 9.17) is 5.11 Å². The molecule has 0 spiro atoms. The molecule has 1 aliphatic rings. The van der Waals surface area contributed by atoms with Crippen molar-refractivity contribution in [3.8, 4) is 0 Å². The molecule has 7 nitrogen and oxygen atoms in total. The molecule has 26 heavy (non-hydrogen) atoms. The van der Waals surface area contributed by atoms with Crippen molar-refractivity contribution < 1.29 is 14.7 Å². The molecule has 1 amide bonds. The minimum Gasteiger partial charge on any atom is -0.480 e. The van der Waals surface area contributed by atoms with Gasteiger partial charge in [0.05, 0.1) is 0 Å². The Labute approximate surface area is 152 Å². The zero-order chi connectivity index (χ0) is 18.5. The van der Waals surface area contributed by atoms with Crippen molar-refractivity contribution in [2.45, 2.75) is 13.0 Å². The lowest BCUT2D eigenvalue weighted by atomic mass is 10.1. The number of benzene rings is 1. The Balaban J connectivity index is 1.58. The molecule has 1 aromatic carbocycles. The van der Waals surface area contributed by atoms with Crippen molar-refractivity contribution in [3.63, 3.8) is 0 Å². The highest BCUT2D eigenvalue weighted by Crippen LogP contribution is 2.20. The van der Waals surface area contributed by atoms with Crippen LogP contribution in [0.1, 0.15) is 17.3 Å². The molecule has 0 radical (unpaired) electrons. The molecule has 1 aliphatic heterocycles. The average molecular weight is 354 g/mol. The van der Waals surface area contributed by atoms with Crippen LogP contribution in [0.4, 0.5) is 11.4 Å². The van der Waals surface area contributed by atoms with Crippen molar-refractivity contribution in [3.05, 3.63) is 54.4 Å². The molecule has 1 unspecified atom stereocenters. The summed E-state index contributed by atoms with van der Waals surface area (Å²) in [5.74, 6) is -1.43. The Kier molecular flexibility index (Phi) is 5.36. The molecule has 2 aromatic rings. The van der Waals surface area contributed by atoms with Crippen molar-refractivity contribution in [2.75, 3.05) is 36.0 Å². The Bertz CT molecular complexity index is 756. The van der Waals surface area contributed by atoms with E-state index in [0.29, 0.717) is 5.56 Å². The molecule has 2 N–H and O–H groups in total. The van der Waals surface area contributed by atoms with E-state index in [1.807, 2.05) is 24.3 Å². The fourth-order valence-electron chi connectivity index (χ4n) is 2.94. The number of carbonyl (C=O) groups excluding carboxylic acids is 1. The Morgan fingerprint density at radius 1 is 0.962 bits per heavy atom. The maximum Gasteiger partial charge on any atom is 0.325 e. The maximum absolute atomic E-state index is 12.0. The third-order valence-corrected chi connectivity index (χ3v) is 4.52.